The van der Waals surface area contributed by atoms with Crippen LogP contribution >= 0.6 is 11.8 Å². The van der Waals surface area contributed by atoms with Crippen molar-refractivity contribution in [3.05, 3.63) is 0 Å². The van der Waals surface area contributed by atoms with Crippen LogP contribution in [0.4, 0.5) is 0 Å². The maximum absolute atomic E-state index is 12.4. The van der Waals surface area contributed by atoms with E-state index < -0.39 is 42.5 Å². The van der Waals surface area contributed by atoms with Crippen LogP contribution in [-0.2, 0) is 14.4 Å². The number of guanidine groups is 1. The Morgan fingerprint density at radius 1 is 1.12 bits per heavy atom. The van der Waals surface area contributed by atoms with Crippen LogP contribution in [0.1, 0.15) is 19.3 Å². The third kappa shape index (κ3) is 10.1. The molecular formula is C14H28N6O5S. The molecule has 0 bridgehead atoms. The first-order valence-electron chi connectivity index (χ1n) is 7.97. The van der Waals surface area contributed by atoms with Gasteiger partial charge in [-0.2, -0.15) is 11.8 Å². The van der Waals surface area contributed by atoms with E-state index in [2.05, 4.69) is 15.6 Å². The zero-order valence-electron chi connectivity index (χ0n) is 14.7. The number of carbonyl (C=O) groups is 3. The van der Waals surface area contributed by atoms with Crippen molar-refractivity contribution in [2.45, 2.75) is 37.4 Å². The normalized spacial score (nSPS) is 14.0. The second-order valence-corrected chi connectivity index (χ2v) is 6.47. The highest BCUT2D eigenvalue weighted by Crippen LogP contribution is 2.04. The summed E-state index contributed by atoms with van der Waals surface area (Å²) in [6.45, 7) is -0.345. The Kier molecular flexibility index (Phi) is 12.2. The molecule has 0 unspecified atom stereocenters. The first-order chi connectivity index (χ1) is 12.2. The van der Waals surface area contributed by atoms with E-state index in [1.807, 2.05) is 6.26 Å². The van der Waals surface area contributed by atoms with Crippen molar-refractivity contribution in [3.63, 3.8) is 0 Å². The number of rotatable bonds is 13. The number of amides is 2. The Labute approximate surface area is 156 Å². The summed E-state index contributed by atoms with van der Waals surface area (Å²) in [4.78, 5) is 39.3. The summed E-state index contributed by atoms with van der Waals surface area (Å²) in [7, 11) is 0. The smallest absolute Gasteiger partial charge is 0.326 e. The number of nitrogens with zero attached hydrogens (tertiary/aromatic N) is 1. The van der Waals surface area contributed by atoms with Gasteiger partial charge in [0, 0.05) is 6.54 Å². The van der Waals surface area contributed by atoms with Gasteiger partial charge in [-0.25, -0.2) is 4.79 Å². The molecule has 0 aromatic heterocycles. The molecule has 0 aliphatic rings. The van der Waals surface area contributed by atoms with Crippen molar-refractivity contribution in [1.82, 2.24) is 10.6 Å². The third-order valence-electron chi connectivity index (χ3n) is 3.34. The first kappa shape index (κ1) is 23.9. The number of carboxylic acids is 1. The Balaban J connectivity index is 4.96. The molecule has 0 spiro atoms. The van der Waals surface area contributed by atoms with E-state index in [-0.39, 0.29) is 25.3 Å². The molecule has 0 saturated carbocycles. The van der Waals surface area contributed by atoms with E-state index in [1.54, 1.807) is 0 Å². The maximum Gasteiger partial charge on any atom is 0.326 e. The minimum atomic E-state index is -1.19. The van der Waals surface area contributed by atoms with Crippen molar-refractivity contribution in [1.29, 1.82) is 0 Å². The summed E-state index contributed by atoms with van der Waals surface area (Å²) in [5.41, 5.74) is 15.9. The van der Waals surface area contributed by atoms with Crippen LogP contribution in [0, 0.1) is 0 Å². The van der Waals surface area contributed by atoms with Crippen LogP contribution in [-0.4, -0.2) is 77.2 Å². The molecule has 0 aliphatic heterocycles. The van der Waals surface area contributed by atoms with Crippen LogP contribution < -0.4 is 27.8 Å². The molecule has 150 valence electrons. The second kappa shape index (κ2) is 13.2. The third-order valence-corrected chi connectivity index (χ3v) is 3.98. The predicted octanol–water partition coefficient (Wildman–Crippen LogP) is -2.83. The minimum absolute atomic E-state index is 0.0969. The fraction of sp³-hybridized carbons (Fsp3) is 0.714. The summed E-state index contributed by atoms with van der Waals surface area (Å²) in [6.07, 6.45) is 2.60. The molecule has 2 amide bonds. The number of aliphatic carboxylic acids is 1. The number of nitrogens with two attached hydrogens (primary N) is 3. The zero-order chi connectivity index (χ0) is 20.1. The van der Waals surface area contributed by atoms with Crippen molar-refractivity contribution in [2.75, 3.05) is 25.2 Å². The summed E-state index contributed by atoms with van der Waals surface area (Å²) in [5, 5.41) is 23.0. The molecule has 0 saturated heterocycles. The molecule has 0 aromatic rings. The van der Waals surface area contributed by atoms with Crippen LogP contribution in [0.15, 0.2) is 4.99 Å². The number of carboxylic acid groups (broad SMARTS) is 1. The quantitative estimate of drug-likeness (QED) is 0.0977. The predicted molar refractivity (Wildman–Crippen MR) is 99.5 cm³/mol. The number of hydrogen-bond acceptors (Lipinski definition) is 7. The van der Waals surface area contributed by atoms with Gasteiger partial charge in [0.1, 0.15) is 18.1 Å². The van der Waals surface area contributed by atoms with Crippen molar-refractivity contribution >= 4 is 35.5 Å². The summed E-state index contributed by atoms with van der Waals surface area (Å²) < 4.78 is 0. The highest BCUT2D eigenvalue weighted by atomic mass is 32.2. The molecule has 12 heteroatoms. The number of hydrogen-bond donors (Lipinski definition) is 7. The SMILES string of the molecule is CSCC[C@H](NC(=O)[C@H](CCCN=C(N)N)NC(=O)[C@@H](N)CO)C(=O)O. The average Bonchev–Trinajstić information content (AvgIpc) is 2.59. The maximum atomic E-state index is 12.4. The lowest BCUT2D eigenvalue weighted by atomic mass is 10.1. The molecule has 11 nitrogen and oxygen atoms in total. The molecular weight excluding hydrogens is 364 g/mol. The minimum Gasteiger partial charge on any atom is -0.480 e. The lowest BCUT2D eigenvalue weighted by Crippen LogP contribution is -2.55. The van der Waals surface area contributed by atoms with Crippen molar-refractivity contribution in [3.8, 4) is 0 Å². The van der Waals surface area contributed by atoms with Gasteiger partial charge >= 0.3 is 5.97 Å². The molecule has 26 heavy (non-hydrogen) atoms. The standard InChI is InChI=1S/C14H28N6O5S/c1-26-6-4-10(13(24)25)20-12(23)9(3-2-5-18-14(16)17)19-11(22)8(15)7-21/h8-10,21H,2-7,15H2,1H3,(H,19,22)(H,20,23)(H,24,25)(H4,16,17,18)/t8-,9-,10-/m0/s1. The first-order valence-corrected chi connectivity index (χ1v) is 9.36. The van der Waals surface area contributed by atoms with E-state index in [1.165, 1.54) is 11.8 Å². The zero-order valence-corrected chi connectivity index (χ0v) is 15.5. The lowest BCUT2D eigenvalue weighted by molar-refractivity contribution is -0.142. The number of thioether (sulfide) groups is 1. The van der Waals surface area contributed by atoms with Gasteiger partial charge < -0.3 is 38.0 Å². The van der Waals surface area contributed by atoms with Crippen LogP contribution in [0.3, 0.4) is 0 Å². The van der Waals surface area contributed by atoms with Gasteiger partial charge in [-0.1, -0.05) is 0 Å². The van der Waals surface area contributed by atoms with E-state index in [4.69, 9.17) is 22.3 Å². The summed E-state index contributed by atoms with van der Waals surface area (Å²) in [6, 6.07) is -3.28. The fourth-order valence-electron chi connectivity index (χ4n) is 1.90. The van der Waals surface area contributed by atoms with Crippen molar-refractivity contribution in [2.24, 2.45) is 22.2 Å². The number of aliphatic imine (C=N–C) groups is 1. The van der Waals surface area contributed by atoms with Gasteiger partial charge in [0.25, 0.3) is 0 Å². The topological polar surface area (TPSA) is 206 Å². The van der Waals surface area contributed by atoms with E-state index >= 15 is 0 Å². The van der Waals surface area contributed by atoms with Gasteiger partial charge in [-0.05, 0) is 31.3 Å². The van der Waals surface area contributed by atoms with Gasteiger partial charge in [0.15, 0.2) is 5.96 Å². The van der Waals surface area contributed by atoms with Crippen molar-refractivity contribution < 1.29 is 24.6 Å². The molecule has 10 N–H and O–H groups in total. The van der Waals surface area contributed by atoms with Gasteiger partial charge in [-0.15, -0.1) is 0 Å². The number of aliphatic hydroxyl groups excluding tert-OH is 1. The van der Waals surface area contributed by atoms with Crippen LogP contribution in [0.2, 0.25) is 0 Å². The number of aliphatic hydroxyl groups is 1. The summed E-state index contributed by atoms with van der Waals surface area (Å²) in [5.74, 6) is -2.08. The van der Waals surface area contributed by atoms with E-state index in [0.717, 1.165) is 0 Å². The molecule has 3 atom stereocenters. The van der Waals surface area contributed by atoms with Crippen LogP contribution in [0.25, 0.3) is 0 Å². The number of carbonyl (C=O) groups excluding carboxylic acids is 2. The largest absolute Gasteiger partial charge is 0.480 e. The van der Waals surface area contributed by atoms with E-state index in [0.29, 0.717) is 12.2 Å². The van der Waals surface area contributed by atoms with Gasteiger partial charge in [0.05, 0.1) is 6.61 Å². The Bertz CT molecular complexity index is 500. The molecule has 0 aromatic carbocycles. The van der Waals surface area contributed by atoms with Crippen LogP contribution in [0.5, 0.6) is 0 Å². The van der Waals surface area contributed by atoms with Gasteiger partial charge in [0.2, 0.25) is 11.8 Å². The fourth-order valence-corrected chi connectivity index (χ4v) is 2.37. The Hall–Kier alpha value is -2.05. The Morgan fingerprint density at radius 3 is 2.23 bits per heavy atom. The van der Waals surface area contributed by atoms with E-state index in [9.17, 15) is 19.5 Å². The highest BCUT2D eigenvalue weighted by Gasteiger charge is 2.27. The molecule has 0 aliphatic carbocycles. The molecule has 0 rings (SSSR count). The van der Waals surface area contributed by atoms with Gasteiger partial charge in [-0.3, -0.25) is 14.6 Å². The molecule has 0 fully saturated rings. The monoisotopic (exact) mass is 392 g/mol. The average molecular weight is 392 g/mol. The second-order valence-electron chi connectivity index (χ2n) is 5.48. The molecule has 0 heterocycles. The summed E-state index contributed by atoms with van der Waals surface area (Å²) >= 11 is 1.45. The highest BCUT2D eigenvalue weighted by molar-refractivity contribution is 7.98. The molecule has 0 radical (unpaired) electrons. The lowest BCUT2D eigenvalue weighted by Gasteiger charge is -2.22. The Morgan fingerprint density at radius 2 is 1.73 bits per heavy atom. The number of nitrogens with one attached hydrogen (secondary N) is 2.